The maximum Gasteiger partial charge on any atom is 0.0958 e. The minimum absolute atomic E-state index is 0.767. The fourth-order valence-electron chi connectivity index (χ4n) is 1.96. The normalized spacial score (nSPS) is 11.1. The maximum absolute atomic E-state index is 5.72. The SMILES string of the molecule is COCCCCCn1cnc2cc(N)ccc21. The highest BCUT2D eigenvalue weighted by atomic mass is 16.5. The smallest absolute Gasteiger partial charge is 0.0958 e. The molecule has 0 fully saturated rings. The van der Waals surface area contributed by atoms with Crippen molar-refractivity contribution in [3.8, 4) is 0 Å². The zero-order chi connectivity index (χ0) is 12.1. The molecular weight excluding hydrogens is 214 g/mol. The van der Waals surface area contributed by atoms with E-state index in [2.05, 4.69) is 9.55 Å². The second-order valence-corrected chi connectivity index (χ2v) is 4.24. The Hall–Kier alpha value is -1.55. The summed E-state index contributed by atoms with van der Waals surface area (Å²) in [5.41, 5.74) is 8.62. The van der Waals surface area contributed by atoms with Gasteiger partial charge in [0.05, 0.1) is 17.4 Å². The first kappa shape index (κ1) is 11.9. The lowest BCUT2D eigenvalue weighted by molar-refractivity contribution is 0.191. The fraction of sp³-hybridized carbons (Fsp3) is 0.462. The van der Waals surface area contributed by atoms with E-state index in [1.807, 2.05) is 24.5 Å². The Morgan fingerprint density at radius 2 is 2.18 bits per heavy atom. The Balaban J connectivity index is 1.95. The van der Waals surface area contributed by atoms with Gasteiger partial charge >= 0.3 is 0 Å². The topological polar surface area (TPSA) is 53.1 Å². The zero-order valence-electron chi connectivity index (χ0n) is 10.2. The summed E-state index contributed by atoms with van der Waals surface area (Å²) in [7, 11) is 1.74. The number of aryl methyl sites for hydroxylation is 1. The number of hydrogen-bond donors (Lipinski definition) is 1. The van der Waals surface area contributed by atoms with Gasteiger partial charge in [-0.05, 0) is 37.5 Å². The van der Waals surface area contributed by atoms with Crippen LogP contribution in [-0.2, 0) is 11.3 Å². The van der Waals surface area contributed by atoms with Crippen molar-refractivity contribution in [1.82, 2.24) is 9.55 Å². The van der Waals surface area contributed by atoms with Crippen molar-refractivity contribution in [2.75, 3.05) is 19.5 Å². The van der Waals surface area contributed by atoms with Crippen LogP contribution in [0.2, 0.25) is 0 Å². The fourth-order valence-corrected chi connectivity index (χ4v) is 1.96. The Labute approximate surface area is 101 Å². The molecule has 0 aliphatic carbocycles. The Bertz CT molecular complexity index is 478. The van der Waals surface area contributed by atoms with E-state index in [1.165, 1.54) is 6.42 Å². The van der Waals surface area contributed by atoms with Crippen LogP contribution < -0.4 is 5.73 Å². The first-order valence-electron chi connectivity index (χ1n) is 6.00. The number of nitrogens with two attached hydrogens (primary N) is 1. The molecule has 2 N–H and O–H groups in total. The van der Waals surface area contributed by atoms with Gasteiger partial charge in [-0.2, -0.15) is 0 Å². The molecule has 0 radical (unpaired) electrons. The minimum atomic E-state index is 0.767. The summed E-state index contributed by atoms with van der Waals surface area (Å²) >= 11 is 0. The summed E-state index contributed by atoms with van der Waals surface area (Å²) in [6.07, 6.45) is 5.35. The highest BCUT2D eigenvalue weighted by Gasteiger charge is 2.02. The van der Waals surface area contributed by atoms with Gasteiger partial charge in [0.15, 0.2) is 0 Å². The minimum Gasteiger partial charge on any atom is -0.399 e. The first-order valence-corrected chi connectivity index (χ1v) is 6.00. The molecule has 0 bridgehead atoms. The number of benzene rings is 1. The lowest BCUT2D eigenvalue weighted by Crippen LogP contribution is -1.97. The van der Waals surface area contributed by atoms with Crippen molar-refractivity contribution in [2.24, 2.45) is 0 Å². The van der Waals surface area contributed by atoms with Crippen molar-refractivity contribution in [1.29, 1.82) is 0 Å². The van der Waals surface area contributed by atoms with Crippen LogP contribution in [0.3, 0.4) is 0 Å². The number of unbranched alkanes of at least 4 members (excludes halogenated alkanes) is 2. The summed E-state index contributed by atoms with van der Waals surface area (Å²) < 4.78 is 7.21. The molecular formula is C13H19N3O. The molecule has 4 heteroatoms. The Morgan fingerprint density at radius 3 is 3.00 bits per heavy atom. The molecule has 4 nitrogen and oxygen atoms in total. The van der Waals surface area contributed by atoms with Crippen LogP contribution in [0.15, 0.2) is 24.5 Å². The summed E-state index contributed by atoms with van der Waals surface area (Å²) in [6, 6.07) is 5.87. The average molecular weight is 233 g/mol. The third kappa shape index (κ3) is 2.97. The van der Waals surface area contributed by atoms with Gasteiger partial charge in [-0.1, -0.05) is 0 Å². The molecule has 0 atom stereocenters. The molecule has 17 heavy (non-hydrogen) atoms. The third-order valence-corrected chi connectivity index (χ3v) is 2.89. The number of anilines is 1. The molecule has 1 heterocycles. The van der Waals surface area contributed by atoms with Crippen molar-refractivity contribution < 1.29 is 4.74 Å². The van der Waals surface area contributed by atoms with Gasteiger partial charge in [0.2, 0.25) is 0 Å². The summed E-state index contributed by atoms with van der Waals surface area (Å²) in [4.78, 5) is 4.35. The van der Waals surface area contributed by atoms with Gasteiger partial charge in [0.25, 0.3) is 0 Å². The Kier molecular flexibility index (Phi) is 3.98. The highest BCUT2D eigenvalue weighted by molar-refractivity contribution is 5.78. The van der Waals surface area contributed by atoms with Gasteiger partial charge in [0.1, 0.15) is 0 Å². The number of aromatic nitrogens is 2. The Morgan fingerprint density at radius 1 is 1.29 bits per heavy atom. The van der Waals surface area contributed by atoms with Crippen molar-refractivity contribution in [3.63, 3.8) is 0 Å². The molecule has 92 valence electrons. The molecule has 0 spiro atoms. The number of nitrogen functional groups attached to an aromatic ring is 1. The maximum atomic E-state index is 5.72. The number of nitrogens with zero attached hydrogens (tertiary/aromatic N) is 2. The number of hydrogen-bond acceptors (Lipinski definition) is 3. The molecule has 0 saturated carbocycles. The van der Waals surface area contributed by atoms with E-state index >= 15 is 0 Å². The van der Waals surface area contributed by atoms with Crippen molar-refractivity contribution in [2.45, 2.75) is 25.8 Å². The summed E-state index contributed by atoms with van der Waals surface area (Å²) in [6.45, 7) is 1.85. The van der Waals surface area contributed by atoms with E-state index in [0.29, 0.717) is 0 Å². The van der Waals surface area contributed by atoms with Crippen LogP contribution in [0.1, 0.15) is 19.3 Å². The average Bonchev–Trinajstić information content (AvgIpc) is 2.71. The number of imidazole rings is 1. The quantitative estimate of drug-likeness (QED) is 0.616. The van der Waals surface area contributed by atoms with E-state index in [4.69, 9.17) is 10.5 Å². The number of fused-ring (bicyclic) bond motifs is 1. The van der Waals surface area contributed by atoms with Crippen LogP contribution in [0.5, 0.6) is 0 Å². The number of methoxy groups -OCH3 is 1. The molecule has 0 amide bonds. The van der Waals surface area contributed by atoms with Crippen molar-refractivity contribution >= 4 is 16.7 Å². The van der Waals surface area contributed by atoms with Gasteiger partial charge in [-0.15, -0.1) is 0 Å². The van der Waals surface area contributed by atoms with Crippen molar-refractivity contribution in [3.05, 3.63) is 24.5 Å². The van der Waals surface area contributed by atoms with Crippen LogP contribution in [0, 0.1) is 0 Å². The second kappa shape index (κ2) is 5.68. The molecule has 2 rings (SSSR count). The zero-order valence-corrected chi connectivity index (χ0v) is 10.2. The molecule has 0 unspecified atom stereocenters. The van der Waals surface area contributed by atoms with Gasteiger partial charge < -0.3 is 15.0 Å². The molecule has 1 aromatic heterocycles. The molecule has 1 aromatic carbocycles. The van der Waals surface area contributed by atoms with Crippen LogP contribution >= 0.6 is 0 Å². The second-order valence-electron chi connectivity index (χ2n) is 4.24. The van der Waals surface area contributed by atoms with E-state index in [-0.39, 0.29) is 0 Å². The van der Waals surface area contributed by atoms with Gasteiger partial charge in [0, 0.05) is 25.9 Å². The van der Waals surface area contributed by atoms with E-state index in [0.717, 1.165) is 42.7 Å². The van der Waals surface area contributed by atoms with Crippen LogP contribution in [0.4, 0.5) is 5.69 Å². The largest absolute Gasteiger partial charge is 0.399 e. The molecule has 0 aliphatic rings. The number of ether oxygens (including phenoxy) is 1. The molecule has 0 aliphatic heterocycles. The highest BCUT2D eigenvalue weighted by Crippen LogP contribution is 2.16. The van der Waals surface area contributed by atoms with E-state index in [1.54, 1.807) is 7.11 Å². The third-order valence-electron chi connectivity index (χ3n) is 2.89. The standard InChI is InChI=1S/C13H19N3O/c1-17-8-4-2-3-7-16-10-15-12-9-11(14)5-6-13(12)16/h5-6,9-10H,2-4,7-8,14H2,1H3. The monoisotopic (exact) mass is 233 g/mol. The predicted molar refractivity (Wildman–Crippen MR) is 69.9 cm³/mol. The van der Waals surface area contributed by atoms with Gasteiger partial charge in [-0.25, -0.2) is 4.98 Å². The molecule has 0 saturated heterocycles. The number of rotatable bonds is 6. The summed E-state index contributed by atoms with van der Waals surface area (Å²) in [5.74, 6) is 0. The molecule has 2 aromatic rings. The van der Waals surface area contributed by atoms with E-state index in [9.17, 15) is 0 Å². The van der Waals surface area contributed by atoms with Crippen LogP contribution in [-0.4, -0.2) is 23.3 Å². The first-order chi connectivity index (χ1) is 8.31. The van der Waals surface area contributed by atoms with Crippen LogP contribution in [0.25, 0.3) is 11.0 Å². The van der Waals surface area contributed by atoms with Gasteiger partial charge in [-0.3, -0.25) is 0 Å². The lowest BCUT2D eigenvalue weighted by Gasteiger charge is -2.04. The van der Waals surface area contributed by atoms with E-state index < -0.39 is 0 Å². The lowest BCUT2D eigenvalue weighted by atomic mass is 10.2. The predicted octanol–water partition coefficient (Wildman–Crippen LogP) is 2.44. The summed E-state index contributed by atoms with van der Waals surface area (Å²) in [5, 5.41) is 0.